The maximum atomic E-state index is 12.1. The van der Waals surface area contributed by atoms with Gasteiger partial charge in [0.15, 0.2) is 0 Å². The third-order valence-electron chi connectivity index (χ3n) is 2.57. The van der Waals surface area contributed by atoms with E-state index >= 15 is 0 Å². The summed E-state index contributed by atoms with van der Waals surface area (Å²) in [5.74, 6) is -0.532. The average Bonchev–Trinajstić information content (AvgIpc) is 2.41. The van der Waals surface area contributed by atoms with Crippen molar-refractivity contribution < 1.29 is 13.3 Å². The number of sulfonamides is 1. The Bertz CT molecular complexity index is 780. The van der Waals surface area contributed by atoms with Gasteiger partial charge >= 0.3 is 0 Å². The lowest BCUT2D eigenvalue weighted by Crippen LogP contribution is -2.16. The van der Waals surface area contributed by atoms with E-state index in [2.05, 4.69) is 9.71 Å². The molecule has 0 saturated carbocycles. The molecule has 1 aromatic heterocycles. The standard InChI is InChI=1S/C12H10ClN3O4S/c13-10-5-6-14-7-11(10)15-21(19,20)8-9-3-1-2-4-12(9)16(17)18/h1-7,15H,8H2. The second-order valence-corrected chi connectivity index (χ2v) is 6.23. The van der Waals surface area contributed by atoms with E-state index in [-0.39, 0.29) is 22.0 Å². The van der Waals surface area contributed by atoms with Crippen LogP contribution in [0.15, 0.2) is 42.7 Å². The van der Waals surface area contributed by atoms with Crippen LogP contribution in [0.5, 0.6) is 0 Å². The Labute approximate surface area is 125 Å². The minimum Gasteiger partial charge on any atom is -0.280 e. The highest BCUT2D eigenvalue weighted by atomic mass is 35.5. The first kappa shape index (κ1) is 15.2. The zero-order valence-electron chi connectivity index (χ0n) is 10.6. The third kappa shape index (κ3) is 3.89. The number of benzene rings is 1. The first-order chi connectivity index (χ1) is 9.89. The van der Waals surface area contributed by atoms with Crippen molar-refractivity contribution in [2.75, 3.05) is 4.72 Å². The summed E-state index contributed by atoms with van der Waals surface area (Å²) in [6.45, 7) is 0. The fourth-order valence-corrected chi connectivity index (χ4v) is 3.10. The molecule has 110 valence electrons. The topological polar surface area (TPSA) is 102 Å². The molecule has 0 radical (unpaired) electrons. The Hall–Kier alpha value is -2.19. The summed E-state index contributed by atoms with van der Waals surface area (Å²) in [5, 5.41) is 11.1. The van der Waals surface area contributed by atoms with Crippen molar-refractivity contribution in [3.8, 4) is 0 Å². The maximum absolute atomic E-state index is 12.1. The van der Waals surface area contributed by atoms with Gasteiger partial charge in [0.2, 0.25) is 10.0 Å². The fourth-order valence-electron chi connectivity index (χ4n) is 1.67. The van der Waals surface area contributed by atoms with E-state index in [4.69, 9.17) is 11.6 Å². The van der Waals surface area contributed by atoms with Crippen LogP contribution < -0.4 is 4.72 Å². The molecule has 0 saturated heterocycles. The van der Waals surface area contributed by atoms with Gasteiger partial charge in [0, 0.05) is 17.8 Å². The fraction of sp³-hybridized carbons (Fsp3) is 0.0833. The van der Waals surface area contributed by atoms with Crippen molar-refractivity contribution in [1.82, 2.24) is 4.98 Å². The molecule has 0 aliphatic carbocycles. The number of halogens is 1. The molecule has 2 rings (SSSR count). The lowest BCUT2D eigenvalue weighted by molar-refractivity contribution is -0.385. The first-order valence-corrected chi connectivity index (χ1v) is 7.74. The quantitative estimate of drug-likeness (QED) is 0.671. The number of para-hydroxylation sites is 1. The molecule has 9 heteroatoms. The van der Waals surface area contributed by atoms with Crippen LogP contribution in [-0.2, 0) is 15.8 Å². The van der Waals surface area contributed by atoms with E-state index in [1.807, 2.05) is 0 Å². The summed E-state index contributed by atoms with van der Waals surface area (Å²) in [6, 6.07) is 7.09. The Morgan fingerprint density at radius 2 is 2.00 bits per heavy atom. The molecule has 1 N–H and O–H groups in total. The van der Waals surface area contributed by atoms with Crippen LogP contribution in [-0.4, -0.2) is 18.3 Å². The largest absolute Gasteiger partial charge is 0.280 e. The van der Waals surface area contributed by atoms with Crippen LogP contribution >= 0.6 is 11.6 Å². The smallest absolute Gasteiger partial charge is 0.273 e. The van der Waals surface area contributed by atoms with Crippen molar-refractivity contribution >= 4 is 33.0 Å². The number of nitro benzene ring substituents is 1. The van der Waals surface area contributed by atoms with Crippen LogP contribution in [0.25, 0.3) is 0 Å². The second-order valence-electron chi connectivity index (χ2n) is 4.10. The van der Waals surface area contributed by atoms with E-state index < -0.39 is 20.7 Å². The number of nitro groups is 1. The monoisotopic (exact) mass is 327 g/mol. The van der Waals surface area contributed by atoms with E-state index in [1.54, 1.807) is 0 Å². The normalized spacial score (nSPS) is 11.1. The second kappa shape index (κ2) is 6.06. The predicted octanol–water partition coefficient (Wildman–Crippen LogP) is 2.59. The van der Waals surface area contributed by atoms with Crippen molar-refractivity contribution in [2.24, 2.45) is 0 Å². The molecule has 1 aromatic carbocycles. The lowest BCUT2D eigenvalue weighted by atomic mass is 10.2. The van der Waals surface area contributed by atoms with E-state index in [0.29, 0.717) is 0 Å². The van der Waals surface area contributed by atoms with Gasteiger partial charge in [0.05, 0.1) is 21.8 Å². The Morgan fingerprint density at radius 3 is 2.67 bits per heavy atom. The molecule has 0 aliphatic rings. The molecular weight excluding hydrogens is 318 g/mol. The minimum atomic E-state index is -3.85. The van der Waals surface area contributed by atoms with Gasteiger partial charge in [-0.3, -0.25) is 19.8 Å². The van der Waals surface area contributed by atoms with Crippen LogP contribution in [0.1, 0.15) is 5.56 Å². The molecule has 0 amide bonds. The van der Waals surface area contributed by atoms with Gasteiger partial charge in [-0.1, -0.05) is 29.8 Å². The third-order valence-corrected chi connectivity index (χ3v) is 4.12. The van der Waals surface area contributed by atoms with Crippen LogP contribution in [0.4, 0.5) is 11.4 Å². The highest BCUT2D eigenvalue weighted by Crippen LogP contribution is 2.24. The summed E-state index contributed by atoms with van der Waals surface area (Å²) in [6.07, 6.45) is 2.68. The molecule has 0 bridgehead atoms. The summed E-state index contributed by atoms with van der Waals surface area (Å²) in [4.78, 5) is 14.0. The number of rotatable bonds is 5. The van der Waals surface area contributed by atoms with E-state index in [9.17, 15) is 18.5 Å². The summed E-state index contributed by atoms with van der Waals surface area (Å²) in [5.41, 5.74) is -0.0343. The Balaban J connectivity index is 2.27. The van der Waals surface area contributed by atoms with Gasteiger partial charge in [-0.05, 0) is 6.07 Å². The van der Waals surface area contributed by atoms with Crippen LogP contribution in [0.3, 0.4) is 0 Å². The Morgan fingerprint density at radius 1 is 1.29 bits per heavy atom. The highest BCUT2D eigenvalue weighted by molar-refractivity contribution is 7.91. The molecular formula is C12H10ClN3O4S. The molecule has 7 nitrogen and oxygen atoms in total. The number of nitrogens with zero attached hydrogens (tertiary/aromatic N) is 2. The number of pyridine rings is 1. The summed E-state index contributed by atoms with van der Waals surface area (Å²) in [7, 11) is -3.85. The summed E-state index contributed by atoms with van der Waals surface area (Å²) < 4.78 is 26.4. The maximum Gasteiger partial charge on any atom is 0.273 e. The molecule has 0 aliphatic heterocycles. The van der Waals surface area contributed by atoms with Crippen molar-refractivity contribution in [2.45, 2.75) is 5.75 Å². The summed E-state index contributed by atoms with van der Waals surface area (Å²) >= 11 is 5.84. The SMILES string of the molecule is O=[N+]([O-])c1ccccc1CS(=O)(=O)Nc1cnccc1Cl. The minimum absolute atomic E-state index is 0.0926. The molecule has 1 heterocycles. The first-order valence-electron chi connectivity index (χ1n) is 5.71. The van der Waals surface area contributed by atoms with Crippen LogP contribution in [0, 0.1) is 10.1 Å². The van der Waals surface area contributed by atoms with Crippen molar-refractivity contribution in [1.29, 1.82) is 0 Å². The molecule has 2 aromatic rings. The zero-order chi connectivity index (χ0) is 15.5. The van der Waals surface area contributed by atoms with Gasteiger partial charge < -0.3 is 0 Å². The molecule has 21 heavy (non-hydrogen) atoms. The van der Waals surface area contributed by atoms with E-state index in [1.165, 1.54) is 42.7 Å². The number of nitrogens with one attached hydrogen (secondary N) is 1. The lowest BCUT2D eigenvalue weighted by Gasteiger charge is -2.09. The van der Waals surface area contributed by atoms with Gasteiger partial charge in [0.25, 0.3) is 5.69 Å². The average molecular weight is 328 g/mol. The number of aromatic nitrogens is 1. The highest BCUT2D eigenvalue weighted by Gasteiger charge is 2.20. The Kier molecular flexibility index (Phi) is 4.39. The van der Waals surface area contributed by atoms with Gasteiger partial charge in [0.1, 0.15) is 5.75 Å². The number of hydrogen-bond donors (Lipinski definition) is 1. The van der Waals surface area contributed by atoms with Gasteiger partial charge in [-0.25, -0.2) is 8.42 Å². The molecule has 0 atom stereocenters. The van der Waals surface area contributed by atoms with Gasteiger partial charge in [-0.2, -0.15) is 0 Å². The molecule has 0 spiro atoms. The molecule has 0 unspecified atom stereocenters. The van der Waals surface area contributed by atoms with Crippen molar-refractivity contribution in [3.63, 3.8) is 0 Å². The predicted molar refractivity (Wildman–Crippen MR) is 78.6 cm³/mol. The van der Waals surface area contributed by atoms with Crippen molar-refractivity contribution in [3.05, 3.63) is 63.4 Å². The number of hydrogen-bond acceptors (Lipinski definition) is 5. The molecule has 0 fully saturated rings. The van der Waals surface area contributed by atoms with Gasteiger partial charge in [-0.15, -0.1) is 0 Å². The zero-order valence-corrected chi connectivity index (χ0v) is 12.1. The van der Waals surface area contributed by atoms with E-state index in [0.717, 1.165) is 0 Å². The number of anilines is 1. The van der Waals surface area contributed by atoms with Crippen LogP contribution in [0.2, 0.25) is 5.02 Å².